The second-order valence-corrected chi connectivity index (χ2v) is 9.74. The van der Waals surface area contributed by atoms with Crippen LogP contribution in [0, 0.1) is 13.8 Å². The van der Waals surface area contributed by atoms with Crippen molar-refractivity contribution in [3.63, 3.8) is 0 Å². The maximum absolute atomic E-state index is 12.9. The normalized spacial score (nSPS) is 15.1. The van der Waals surface area contributed by atoms with E-state index < -0.39 is 10.0 Å². The molecule has 1 aliphatic rings. The van der Waals surface area contributed by atoms with Gasteiger partial charge >= 0.3 is 0 Å². The quantitative estimate of drug-likeness (QED) is 0.593. The van der Waals surface area contributed by atoms with E-state index >= 15 is 0 Å². The minimum atomic E-state index is -3.79. The highest BCUT2D eigenvalue weighted by molar-refractivity contribution is 7.89. The third-order valence-electron chi connectivity index (χ3n) is 5.56. The van der Waals surface area contributed by atoms with Gasteiger partial charge < -0.3 is 4.74 Å². The van der Waals surface area contributed by atoms with Gasteiger partial charge in [-0.15, -0.1) is 10.2 Å². The maximum Gasteiger partial charge on any atom is 0.259 e. The number of aromatic nitrogens is 2. The first-order valence-corrected chi connectivity index (χ1v) is 12.2. The van der Waals surface area contributed by atoms with Crippen LogP contribution in [0.5, 0.6) is 0 Å². The second-order valence-electron chi connectivity index (χ2n) is 8.03. The Morgan fingerprint density at radius 2 is 1.50 bits per heavy atom. The summed E-state index contributed by atoms with van der Waals surface area (Å²) in [5.41, 5.74) is 5.44. The molecule has 1 aliphatic heterocycles. The molecule has 0 spiro atoms. The van der Waals surface area contributed by atoms with Crippen LogP contribution >= 0.6 is 0 Å². The van der Waals surface area contributed by atoms with Crippen LogP contribution in [-0.2, 0) is 14.8 Å². The van der Waals surface area contributed by atoms with Crippen molar-refractivity contribution in [1.29, 1.82) is 0 Å². The van der Waals surface area contributed by atoms with E-state index in [-0.39, 0.29) is 5.03 Å². The highest BCUT2D eigenvalue weighted by Gasteiger charge is 2.21. The number of nitrogens with one attached hydrogen (secondary N) is 1. The third kappa shape index (κ3) is 5.39. The molecule has 0 bridgehead atoms. The number of sulfonamides is 1. The molecule has 1 aromatic heterocycles. The van der Waals surface area contributed by atoms with Crippen molar-refractivity contribution >= 4 is 10.0 Å². The fraction of sp³-hybridized carbons (Fsp3) is 0.333. The predicted octanol–water partition coefficient (Wildman–Crippen LogP) is 3.04. The van der Waals surface area contributed by atoms with Crippen LogP contribution in [0.15, 0.2) is 59.6 Å². The number of rotatable bonds is 7. The molecule has 0 radical (unpaired) electrons. The summed E-state index contributed by atoms with van der Waals surface area (Å²) >= 11 is 0. The van der Waals surface area contributed by atoms with Gasteiger partial charge in [-0.3, -0.25) is 4.90 Å². The van der Waals surface area contributed by atoms with Gasteiger partial charge in [0.2, 0.25) is 0 Å². The van der Waals surface area contributed by atoms with Crippen LogP contribution in [0.1, 0.15) is 11.1 Å². The van der Waals surface area contributed by atoms with Gasteiger partial charge in [0.05, 0.1) is 13.2 Å². The second kappa shape index (κ2) is 9.87. The first kappa shape index (κ1) is 22.5. The highest BCUT2D eigenvalue weighted by Crippen LogP contribution is 2.31. The number of morpholine rings is 1. The third-order valence-corrected chi connectivity index (χ3v) is 6.89. The van der Waals surface area contributed by atoms with E-state index in [1.54, 1.807) is 6.07 Å². The highest BCUT2D eigenvalue weighted by atomic mass is 32.2. The van der Waals surface area contributed by atoms with Crippen molar-refractivity contribution in [2.45, 2.75) is 18.9 Å². The molecule has 0 amide bonds. The van der Waals surface area contributed by atoms with Gasteiger partial charge in [0.25, 0.3) is 10.0 Å². The lowest BCUT2D eigenvalue weighted by atomic mass is 9.99. The lowest BCUT2D eigenvalue weighted by Crippen LogP contribution is -2.41. The molecule has 7 nitrogen and oxygen atoms in total. The van der Waals surface area contributed by atoms with E-state index in [0.717, 1.165) is 40.9 Å². The van der Waals surface area contributed by atoms with E-state index in [1.807, 2.05) is 62.4 Å². The molecule has 1 N–H and O–H groups in total. The van der Waals surface area contributed by atoms with E-state index in [9.17, 15) is 8.42 Å². The molecule has 4 rings (SSSR count). The van der Waals surface area contributed by atoms with Gasteiger partial charge in [-0.2, -0.15) is 0 Å². The van der Waals surface area contributed by atoms with Crippen LogP contribution in [0.3, 0.4) is 0 Å². The zero-order chi connectivity index (χ0) is 22.6. The first-order chi connectivity index (χ1) is 15.4. The Balaban J connectivity index is 1.63. The average molecular weight is 453 g/mol. The monoisotopic (exact) mass is 452 g/mol. The molecule has 8 heteroatoms. The largest absolute Gasteiger partial charge is 0.379 e. The van der Waals surface area contributed by atoms with Gasteiger partial charge in [0.1, 0.15) is 5.69 Å². The number of ether oxygens (including phenoxy) is 1. The summed E-state index contributed by atoms with van der Waals surface area (Å²) in [4.78, 5) is 2.18. The lowest BCUT2D eigenvalue weighted by molar-refractivity contribution is 0.0390. The van der Waals surface area contributed by atoms with Crippen molar-refractivity contribution in [2.24, 2.45) is 0 Å². The van der Waals surface area contributed by atoms with E-state index in [4.69, 9.17) is 4.74 Å². The molecule has 2 aromatic carbocycles. The Kier molecular flexibility index (Phi) is 6.95. The van der Waals surface area contributed by atoms with Crippen molar-refractivity contribution < 1.29 is 13.2 Å². The van der Waals surface area contributed by atoms with Crippen LogP contribution in [-0.4, -0.2) is 62.9 Å². The Labute approximate surface area is 189 Å². The van der Waals surface area contributed by atoms with Crippen molar-refractivity contribution in [2.75, 3.05) is 39.4 Å². The Morgan fingerprint density at radius 1 is 0.906 bits per heavy atom. The average Bonchev–Trinajstić information content (AvgIpc) is 2.80. The molecule has 168 valence electrons. The van der Waals surface area contributed by atoms with Crippen LogP contribution in [0.2, 0.25) is 0 Å². The fourth-order valence-corrected chi connectivity index (χ4v) is 4.55. The number of benzene rings is 2. The Hall–Kier alpha value is -2.65. The molecule has 0 atom stereocenters. The topological polar surface area (TPSA) is 84.4 Å². The van der Waals surface area contributed by atoms with Crippen molar-refractivity contribution in [1.82, 2.24) is 19.8 Å². The van der Waals surface area contributed by atoms with E-state index in [2.05, 4.69) is 19.8 Å². The number of nitrogens with zero attached hydrogens (tertiary/aromatic N) is 3. The number of aryl methyl sites for hydroxylation is 2. The number of hydrogen-bond donors (Lipinski definition) is 1. The molecule has 3 aromatic rings. The smallest absolute Gasteiger partial charge is 0.259 e. The van der Waals surface area contributed by atoms with Crippen LogP contribution in [0.4, 0.5) is 0 Å². The van der Waals surface area contributed by atoms with Crippen LogP contribution in [0.25, 0.3) is 22.4 Å². The molecule has 1 fully saturated rings. The zero-order valence-corrected chi connectivity index (χ0v) is 19.2. The summed E-state index contributed by atoms with van der Waals surface area (Å²) in [5, 5.41) is 8.35. The summed E-state index contributed by atoms with van der Waals surface area (Å²) in [6.45, 7) is 7.95. The van der Waals surface area contributed by atoms with Crippen molar-refractivity contribution in [3.8, 4) is 22.4 Å². The van der Waals surface area contributed by atoms with Gasteiger partial charge in [0, 0.05) is 37.3 Å². The van der Waals surface area contributed by atoms with Gasteiger partial charge in [-0.25, -0.2) is 13.1 Å². The Morgan fingerprint density at radius 3 is 2.12 bits per heavy atom. The summed E-state index contributed by atoms with van der Waals surface area (Å²) in [7, 11) is -3.79. The lowest BCUT2D eigenvalue weighted by Gasteiger charge is -2.26. The van der Waals surface area contributed by atoms with Gasteiger partial charge in [-0.05, 0) is 25.5 Å². The SMILES string of the molecule is Cc1ccc(-c2cc(S(=O)(=O)NCCN3CCOCC3)nnc2-c2ccc(C)cc2)cc1. The molecule has 1 saturated heterocycles. The first-order valence-electron chi connectivity index (χ1n) is 10.7. The zero-order valence-electron chi connectivity index (χ0n) is 18.4. The minimum absolute atomic E-state index is 0.0779. The summed E-state index contributed by atoms with van der Waals surface area (Å²) in [6.07, 6.45) is 0. The molecule has 32 heavy (non-hydrogen) atoms. The molecule has 0 aliphatic carbocycles. The fourth-order valence-electron chi connectivity index (χ4n) is 3.62. The van der Waals surface area contributed by atoms with E-state index in [0.29, 0.717) is 32.0 Å². The van der Waals surface area contributed by atoms with Crippen molar-refractivity contribution in [3.05, 3.63) is 65.7 Å². The molecule has 0 unspecified atom stereocenters. The molecular weight excluding hydrogens is 424 g/mol. The summed E-state index contributed by atoms with van der Waals surface area (Å²) in [6, 6.07) is 17.6. The predicted molar refractivity (Wildman–Crippen MR) is 125 cm³/mol. The Bertz CT molecular complexity index is 1160. The standard InChI is InChI=1S/C24H28N4O3S/c1-18-3-7-20(8-4-18)22-17-23(26-27-24(22)21-9-5-19(2)6-10-21)32(29,30)25-11-12-28-13-15-31-16-14-28/h3-10,17,25H,11-16H2,1-2H3. The van der Waals surface area contributed by atoms with Gasteiger partial charge in [0.15, 0.2) is 5.03 Å². The van der Waals surface area contributed by atoms with Crippen LogP contribution < -0.4 is 4.72 Å². The number of hydrogen-bond acceptors (Lipinski definition) is 6. The molecule has 0 saturated carbocycles. The van der Waals surface area contributed by atoms with E-state index in [1.165, 1.54) is 0 Å². The summed E-state index contributed by atoms with van der Waals surface area (Å²) in [5.74, 6) is 0. The molecular formula is C24H28N4O3S. The summed E-state index contributed by atoms with van der Waals surface area (Å²) < 4.78 is 33.9. The maximum atomic E-state index is 12.9. The molecule has 2 heterocycles. The van der Waals surface area contributed by atoms with Gasteiger partial charge in [-0.1, -0.05) is 59.7 Å². The minimum Gasteiger partial charge on any atom is -0.379 e.